The number of aliphatic carboxylic acids is 1. The first-order valence-electron chi connectivity index (χ1n) is 12.4. The molecule has 1 fully saturated rings. The predicted octanol–water partition coefficient (Wildman–Crippen LogP) is 4.62. The number of nitrogens with one attached hydrogen (secondary N) is 3. The van der Waals surface area contributed by atoms with Crippen LogP contribution in [0.2, 0.25) is 0 Å². The highest BCUT2D eigenvalue weighted by Gasteiger charge is 2.45. The average molecular weight is 528 g/mol. The van der Waals surface area contributed by atoms with E-state index >= 15 is 0 Å². The molecule has 6 N–H and O–H groups in total. The van der Waals surface area contributed by atoms with Crippen LogP contribution in [0.25, 0.3) is 10.8 Å². The second kappa shape index (κ2) is 10.6. The van der Waals surface area contributed by atoms with E-state index in [2.05, 4.69) is 10.6 Å². The maximum atomic E-state index is 13.4. The van der Waals surface area contributed by atoms with Crippen LogP contribution in [0.5, 0.6) is 0 Å². The molecular weight excluding hydrogens is 498 g/mol. The Morgan fingerprint density at radius 2 is 1.92 bits per heavy atom. The summed E-state index contributed by atoms with van der Waals surface area (Å²) in [6.45, 7) is 0.240. The molecule has 4 aromatic rings. The molecule has 2 heterocycles. The maximum absolute atomic E-state index is 13.4. The zero-order valence-electron chi connectivity index (χ0n) is 20.7. The van der Waals surface area contributed by atoms with E-state index in [-0.39, 0.29) is 24.6 Å². The van der Waals surface area contributed by atoms with Gasteiger partial charge in [-0.25, -0.2) is 0 Å². The topological polar surface area (TPSA) is 132 Å². The molecule has 9 heteroatoms. The fourth-order valence-electron chi connectivity index (χ4n) is 5.04. The molecular formula is C29H29N5O3S. The second-order valence-corrected chi connectivity index (χ2v) is 10.6. The summed E-state index contributed by atoms with van der Waals surface area (Å²) in [4.78, 5) is 27.9. The van der Waals surface area contributed by atoms with E-state index in [1.807, 2.05) is 78.2 Å². The third-order valence-electron chi connectivity index (χ3n) is 6.95. The number of amides is 1. The van der Waals surface area contributed by atoms with Crippen molar-refractivity contribution in [3.8, 4) is 0 Å². The summed E-state index contributed by atoms with van der Waals surface area (Å²) >= 11 is 1.51. The van der Waals surface area contributed by atoms with Crippen LogP contribution >= 0.6 is 11.3 Å². The summed E-state index contributed by atoms with van der Waals surface area (Å²) < 4.78 is 0. The lowest BCUT2D eigenvalue weighted by molar-refractivity contribution is -0.144. The SMILES string of the molecule is N=C(N)N(Cc1cccs1)C(=O)c1cccc2cc(NC3CC[C@@](Cc4ccccc4)(C(=O)O)N3)ccc12. The Bertz CT molecular complexity index is 1470. The van der Waals surface area contributed by atoms with Crippen molar-refractivity contribution in [2.45, 2.75) is 37.5 Å². The van der Waals surface area contributed by atoms with E-state index in [1.165, 1.54) is 16.2 Å². The van der Waals surface area contributed by atoms with Crippen molar-refractivity contribution in [3.05, 3.63) is 100 Å². The molecule has 2 atom stereocenters. The Kier molecular flexibility index (Phi) is 7.13. The fraction of sp³-hybridized carbons (Fsp3) is 0.207. The van der Waals surface area contributed by atoms with Gasteiger partial charge in [0.15, 0.2) is 5.96 Å². The monoisotopic (exact) mass is 527 g/mol. The molecule has 8 nitrogen and oxygen atoms in total. The quantitative estimate of drug-likeness (QED) is 0.168. The number of hydrogen-bond donors (Lipinski definition) is 5. The van der Waals surface area contributed by atoms with Crippen LogP contribution in [0.3, 0.4) is 0 Å². The zero-order chi connectivity index (χ0) is 26.7. The molecule has 1 amide bonds. The maximum Gasteiger partial charge on any atom is 0.324 e. The largest absolute Gasteiger partial charge is 0.480 e. The number of hydrogen-bond acceptors (Lipinski definition) is 6. The van der Waals surface area contributed by atoms with E-state index in [4.69, 9.17) is 11.1 Å². The van der Waals surface area contributed by atoms with Gasteiger partial charge in [-0.3, -0.25) is 25.2 Å². The van der Waals surface area contributed by atoms with Crippen LogP contribution in [-0.4, -0.2) is 39.5 Å². The molecule has 0 aliphatic carbocycles. The molecule has 0 bridgehead atoms. The third kappa shape index (κ3) is 5.25. The standard InChI is InChI=1S/C29H29N5O3S/c30-28(31)34(18-22-9-5-15-38-22)26(35)24-10-4-8-20-16-21(11-12-23(20)24)32-25-13-14-29(33-25,27(36)37)17-19-6-2-1-3-7-19/h1-12,15-16,25,32-33H,13-14,17-18H2,(H3,30,31)(H,36,37)/t25?,29-/m1/s1. The number of carboxylic acid groups (broad SMARTS) is 1. The predicted molar refractivity (Wildman–Crippen MR) is 150 cm³/mol. The number of anilines is 1. The van der Waals surface area contributed by atoms with E-state index in [1.54, 1.807) is 6.07 Å². The highest BCUT2D eigenvalue weighted by Crippen LogP contribution is 2.30. The van der Waals surface area contributed by atoms with Gasteiger partial charge in [-0.05, 0) is 58.8 Å². The molecule has 0 spiro atoms. The number of thiophene rings is 1. The summed E-state index contributed by atoms with van der Waals surface area (Å²) in [6.07, 6.45) is 1.36. The van der Waals surface area contributed by atoms with Crippen molar-refractivity contribution < 1.29 is 14.7 Å². The zero-order valence-corrected chi connectivity index (χ0v) is 21.5. The molecule has 1 aliphatic heterocycles. The van der Waals surface area contributed by atoms with Crippen molar-refractivity contribution in [3.63, 3.8) is 0 Å². The van der Waals surface area contributed by atoms with Gasteiger partial charge >= 0.3 is 5.97 Å². The van der Waals surface area contributed by atoms with Gasteiger partial charge in [0.1, 0.15) is 5.54 Å². The van der Waals surface area contributed by atoms with Crippen molar-refractivity contribution in [2.75, 3.05) is 5.32 Å². The first-order valence-corrected chi connectivity index (χ1v) is 13.3. The lowest BCUT2D eigenvalue weighted by Gasteiger charge is -2.27. The Morgan fingerprint density at radius 1 is 1.11 bits per heavy atom. The molecule has 1 aromatic heterocycles. The summed E-state index contributed by atoms with van der Waals surface area (Å²) in [6, 6.07) is 24.6. The van der Waals surface area contributed by atoms with Gasteiger partial charge in [-0.15, -0.1) is 11.3 Å². The van der Waals surface area contributed by atoms with Crippen molar-refractivity contribution in [2.24, 2.45) is 5.73 Å². The summed E-state index contributed by atoms with van der Waals surface area (Å²) in [7, 11) is 0. The van der Waals surface area contributed by atoms with Gasteiger partial charge in [0.2, 0.25) is 0 Å². The molecule has 194 valence electrons. The molecule has 3 aromatic carbocycles. The number of fused-ring (bicyclic) bond motifs is 1. The Balaban J connectivity index is 1.34. The minimum absolute atomic E-state index is 0.212. The van der Waals surface area contributed by atoms with Gasteiger partial charge in [-0.2, -0.15) is 0 Å². The minimum Gasteiger partial charge on any atom is -0.480 e. The van der Waals surface area contributed by atoms with Gasteiger partial charge in [0.25, 0.3) is 5.91 Å². The number of carbonyl (C=O) groups excluding carboxylic acids is 1. The van der Waals surface area contributed by atoms with Gasteiger partial charge < -0.3 is 16.2 Å². The number of nitrogens with zero attached hydrogens (tertiary/aromatic N) is 1. The van der Waals surface area contributed by atoms with E-state index in [0.29, 0.717) is 24.8 Å². The van der Waals surface area contributed by atoms with Crippen LogP contribution in [0, 0.1) is 5.41 Å². The minimum atomic E-state index is -1.03. The lowest BCUT2D eigenvalue weighted by Crippen LogP contribution is -2.53. The first-order chi connectivity index (χ1) is 18.3. The van der Waals surface area contributed by atoms with Crippen molar-refractivity contribution >= 4 is 45.6 Å². The molecule has 0 saturated carbocycles. The van der Waals surface area contributed by atoms with E-state index in [0.717, 1.165) is 26.9 Å². The number of carboxylic acids is 1. The number of carbonyl (C=O) groups is 2. The number of rotatable bonds is 8. The normalized spacial score (nSPS) is 18.8. The molecule has 38 heavy (non-hydrogen) atoms. The molecule has 0 radical (unpaired) electrons. The van der Waals surface area contributed by atoms with Crippen LogP contribution in [0.1, 0.15) is 33.6 Å². The van der Waals surface area contributed by atoms with Crippen molar-refractivity contribution in [1.29, 1.82) is 5.41 Å². The summed E-state index contributed by atoms with van der Waals surface area (Å²) in [5, 5.41) is 28.3. The molecule has 5 rings (SSSR count). The Hall–Kier alpha value is -4.21. The Morgan fingerprint density at radius 3 is 2.63 bits per heavy atom. The molecule has 1 unspecified atom stereocenters. The number of guanidine groups is 1. The molecule has 1 aliphatic rings. The number of nitrogens with two attached hydrogens (primary N) is 1. The Labute approximate surface area is 224 Å². The van der Waals surface area contributed by atoms with Crippen LogP contribution in [-0.2, 0) is 17.8 Å². The first kappa shape index (κ1) is 25.4. The highest BCUT2D eigenvalue weighted by atomic mass is 32.1. The third-order valence-corrected chi connectivity index (χ3v) is 7.81. The molecule has 1 saturated heterocycles. The van der Waals surface area contributed by atoms with Gasteiger partial charge in [0.05, 0.1) is 12.7 Å². The van der Waals surface area contributed by atoms with Crippen LogP contribution in [0.15, 0.2) is 84.2 Å². The summed E-state index contributed by atoms with van der Waals surface area (Å²) in [5.41, 5.74) is 7.01. The second-order valence-electron chi connectivity index (χ2n) is 9.53. The lowest BCUT2D eigenvalue weighted by atomic mass is 9.89. The smallest absolute Gasteiger partial charge is 0.324 e. The van der Waals surface area contributed by atoms with Crippen molar-refractivity contribution in [1.82, 2.24) is 10.2 Å². The average Bonchev–Trinajstić information content (AvgIpc) is 3.57. The van der Waals surface area contributed by atoms with Crippen LogP contribution < -0.4 is 16.4 Å². The van der Waals surface area contributed by atoms with Gasteiger partial charge in [-0.1, -0.05) is 54.6 Å². The fourth-order valence-corrected chi connectivity index (χ4v) is 5.73. The highest BCUT2D eigenvalue weighted by molar-refractivity contribution is 7.09. The number of benzene rings is 3. The van der Waals surface area contributed by atoms with E-state index in [9.17, 15) is 14.7 Å². The summed E-state index contributed by atoms with van der Waals surface area (Å²) in [5.74, 6) is -1.49. The van der Waals surface area contributed by atoms with Crippen LogP contribution in [0.4, 0.5) is 5.69 Å². The van der Waals surface area contributed by atoms with E-state index < -0.39 is 11.5 Å². The van der Waals surface area contributed by atoms with Gasteiger partial charge in [0, 0.05) is 22.5 Å².